The number of nitrogens with zero attached hydrogens (tertiary/aromatic N) is 3. The van der Waals surface area contributed by atoms with Gasteiger partial charge in [0.2, 0.25) is 0 Å². The zero-order chi connectivity index (χ0) is 23.6. The average Bonchev–Trinajstić information content (AvgIpc) is 3.30. The Balaban J connectivity index is 1.26. The maximum atomic E-state index is 14.0. The van der Waals surface area contributed by atoms with E-state index in [2.05, 4.69) is 28.2 Å². The second-order valence-corrected chi connectivity index (χ2v) is 8.85. The van der Waals surface area contributed by atoms with Gasteiger partial charge in [-0.3, -0.25) is 9.58 Å². The van der Waals surface area contributed by atoms with Crippen LogP contribution in [0, 0.1) is 5.82 Å². The van der Waals surface area contributed by atoms with Gasteiger partial charge in [-0.1, -0.05) is 24.3 Å². The Labute approximate surface area is 201 Å². The van der Waals surface area contributed by atoms with Gasteiger partial charge < -0.3 is 14.2 Å². The van der Waals surface area contributed by atoms with Crippen LogP contribution < -0.4 is 9.47 Å². The zero-order valence-corrected chi connectivity index (χ0v) is 19.9. The molecule has 1 atom stereocenters. The third-order valence-electron chi connectivity index (χ3n) is 6.41. The van der Waals surface area contributed by atoms with Crippen LogP contribution in [0.2, 0.25) is 0 Å². The second-order valence-electron chi connectivity index (χ2n) is 8.85. The molecule has 0 aliphatic carbocycles. The van der Waals surface area contributed by atoms with E-state index in [-0.39, 0.29) is 11.6 Å². The second kappa shape index (κ2) is 12.0. The van der Waals surface area contributed by atoms with Crippen LogP contribution in [-0.4, -0.2) is 53.7 Å². The Morgan fingerprint density at radius 2 is 1.94 bits per heavy atom. The van der Waals surface area contributed by atoms with Crippen LogP contribution >= 0.6 is 0 Å². The number of aromatic nitrogens is 2. The lowest BCUT2D eigenvalue weighted by Crippen LogP contribution is -2.39. The molecule has 6 nitrogen and oxygen atoms in total. The normalized spacial score (nSPS) is 19.0. The van der Waals surface area contributed by atoms with Crippen LogP contribution in [0.15, 0.2) is 67.0 Å². The Bertz CT molecular complexity index is 1010. The molecule has 1 aromatic heterocycles. The first-order valence-electron chi connectivity index (χ1n) is 12.0. The summed E-state index contributed by atoms with van der Waals surface area (Å²) in [6.07, 6.45) is 7.38. The van der Waals surface area contributed by atoms with Crippen molar-refractivity contribution in [3.05, 3.63) is 78.4 Å². The van der Waals surface area contributed by atoms with Crippen molar-refractivity contribution < 1.29 is 18.6 Å². The largest absolute Gasteiger partial charge is 0.494 e. The summed E-state index contributed by atoms with van der Waals surface area (Å²) in [7, 11) is 1.73. The van der Waals surface area contributed by atoms with Crippen molar-refractivity contribution in [2.45, 2.75) is 44.4 Å². The maximum absolute atomic E-state index is 14.0. The van der Waals surface area contributed by atoms with Crippen molar-refractivity contribution in [3.63, 3.8) is 0 Å². The fourth-order valence-corrected chi connectivity index (χ4v) is 4.40. The van der Waals surface area contributed by atoms with Gasteiger partial charge in [-0.2, -0.15) is 5.10 Å². The molecule has 0 amide bonds. The molecule has 2 heterocycles. The third-order valence-corrected chi connectivity index (χ3v) is 6.41. The summed E-state index contributed by atoms with van der Waals surface area (Å²) < 4.78 is 33.6. The molecule has 0 saturated carbocycles. The summed E-state index contributed by atoms with van der Waals surface area (Å²) in [5, 5.41) is 4.22. The van der Waals surface area contributed by atoms with Gasteiger partial charge in [-0.05, 0) is 61.7 Å². The standard InChI is InChI=1S/C27H34FN3O3/c1-32-27(22-34-26-11-3-2-10-25(26)28)12-5-15-30(18-13-27)21-23-8-4-9-24(20-23)33-19-7-17-31-16-6-14-29-31/h2-4,6,8-11,14,16,20H,5,7,12-13,15,17-19,21-22H2,1H3/t27-/m0/s1. The summed E-state index contributed by atoms with van der Waals surface area (Å²) in [6, 6.07) is 16.8. The van der Waals surface area contributed by atoms with E-state index in [9.17, 15) is 4.39 Å². The molecule has 1 saturated heterocycles. The number of para-hydroxylation sites is 1. The predicted molar refractivity (Wildman–Crippen MR) is 130 cm³/mol. The van der Waals surface area contributed by atoms with Crippen molar-refractivity contribution in [1.29, 1.82) is 0 Å². The summed E-state index contributed by atoms with van der Waals surface area (Å²) in [6.45, 7) is 4.59. The minimum Gasteiger partial charge on any atom is -0.494 e. The highest BCUT2D eigenvalue weighted by molar-refractivity contribution is 5.28. The highest BCUT2D eigenvalue weighted by atomic mass is 19.1. The lowest BCUT2D eigenvalue weighted by Gasteiger charge is -2.31. The molecule has 0 radical (unpaired) electrons. The van der Waals surface area contributed by atoms with Crippen molar-refractivity contribution >= 4 is 0 Å². The van der Waals surface area contributed by atoms with Gasteiger partial charge in [0.15, 0.2) is 11.6 Å². The highest BCUT2D eigenvalue weighted by Gasteiger charge is 2.34. The van der Waals surface area contributed by atoms with Crippen molar-refractivity contribution in [2.24, 2.45) is 0 Å². The molecular formula is C27H34FN3O3. The summed E-state index contributed by atoms with van der Waals surface area (Å²) >= 11 is 0. The number of hydrogen-bond acceptors (Lipinski definition) is 5. The molecule has 7 heteroatoms. The Morgan fingerprint density at radius 1 is 1.03 bits per heavy atom. The summed E-state index contributed by atoms with van der Waals surface area (Å²) in [4.78, 5) is 2.45. The molecule has 0 N–H and O–H groups in total. The molecule has 0 unspecified atom stereocenters. The monoisotopic (exact) mass is 467 g/mol. The van der Waals surface area contributed by atoms with E-state index in [1.54, 1.807) is 31.5 Å². The van der Waals surface area contributed by atoms with Crippen LogP contribution in [0.4, 0.5) is 4.39 Å². The quantitative estimate of drug-likeness (QED) is 0.374. The summed E-state index contributed by atoms with van der Waals surface area (Å²) in [5.74, 6) is 0.839. The number of ether oxygens (including phenoxy) is 3. The zero-order valence-electron chi connectivity index (χ0n) is 19.9. The predicted octanol–water partition coefficient (Wildman–Crippen LogP) is 4.94. The van der Waals surface area contributed by atoms with Crippen LogP contribution in [0.3, 0.4) is 0 Å². The smallest absolute Gasteiger partial charge is 0.165 e. The van der Waals surface area contributed by atoms with Gasteiger partial charge in [0, 0.05) is 45.6 Å². The lowest BCUT2D eigenvalue weighted by molar-refractivity contribution is -0.0548. The number of rotatable bonds is 11. The van der Waals surface area contributed by atoms with Gasteiger partial charge in [0.1, 0.15) is 18.0 Å². The minimum absolute atomic E-state index is 0.279. The SMILES string of the molecule is CO[C@@]1(COc2ccccc2F)CCCN(Cc2cccc(OCCCn3cccn3)c2)CC1. The minimum atomic E-state index is -0.406. The van der Waals surface area contributed by atoms with Gasteiger partial charge in [0.05, 0.1) is 6.61 Å². The van der Waals surface area contributed by atoms with E-state index < -0.39 is 5.60 Å². The van der Waals surface area contributed by atoms with Crippen LogP contribution in [-0.2, 0) is 17.8 Å². The van der Waals surface area contributed by atoms with Crippen LogP contribution in [0.25, 0.3) is 0 Å². The third kappa shape index (κ3) is 6.81. The number of likely N-dealkylation sites (tertiary alicyclic amines) is 1. The average molecular weight is 468 g/mol. The maximum Gasteiger partial charge on any atom is 0.165 e. The van der Waals surface area contributed by atoms with Crippen molar-refractivity contribution in [2.75, 3.05) is 33.4 Å². The molecule has 2 aromatic carbocycles. The Morgan fingerprint density at radius 3 is 2.76 bits per heavy atom. The molecule has 1 aliphatic rings. The Kier molecular flexibility index (Phi) is 8.55. The molecule has 0 spiro atoms. The highest BCUT2D eigenvalue weighted by Crippen LogP contribution is 2.29. The molecule has 4 rings (SSSR count). The van der Waals surface area contributed by atoms with E-state index in [4.69, 9.17) is 14.2 Å². The number of methoxy groups -OCH3 is 1. The Hall–Kier alpha value is -2.90. The van der Waals surface area contributed by atoms with Crippen LogP contribution in [0.5, 0.6) is 11.5 Å². The molecule has 182 valence electrons. The topological polar surface area (TPSA) is 48.8 Å². The lowest BCUT2D eigenvalue weighted by atomic mass is 9.95. The van der Waals surface area contributed by atoms with Gasteiger partial charge in [0.25, 0.3) is 0 Å². The summed E-state index contributed by atoms with van der Waals surface area (Å²) in [5.41, 5.74) is 0.827. The van der Waals surface area contributed by atoms with E-state index in [0.717, 1.165) is 57.6 Å². The van der Waals surface area contributed by atoms with E-state index in [1.807, 2.05) is 23.0 Å². The first-order valence-corrected chi connectivity index (χ1v) is 12.0. The number of hydrogen-bond donors (Lipinski definition) is 0. The van der Waals surface area contributed by atoms with E-state index >= 15 is 0 Å². The van der Waals surface area contributed by atoms with Gasteiger partial charge in [-0.15, -0.1) is 0 Å². The number of halogens is 1. The fourth-order valence-electron chi connectivity index (χ4n) is 4.40. The van der Waals surface area contributed by atoms with Crippen LogP contribution in [0.1, 0.15) is 31.2 Å². The molecular weight excluding hydrogens is 433 g/mol. The first-order chi connectivity index (χ1) is 16.7. The molecule has 1 aliphatic heterocycles. The number of aryl methyl sites for hydroxylation is 1. The van der Waals surface area contributed by atoms with Crippen molar-refractivity contribution in [3.8, 4) is 11.5 Å². The van der Waals surface area contributed by atoms with Crippen molar-refractivity contribution in [1.82, 2.24) is 14.7 Å². The molecule has 0 bridgehead atoms. The number of benzene rings is 2. The fraction of sp³-hybridized carbons (Fsp3) is 0.444. The molecule has 3 aromatic rings. The van der Waals surface area contributed by atoms with E-state index in [1.165, 1.54) is 11.6 Å². The van der Waals surface area contributed by atoms with Gasteiger partial charge in [-0.25, -0.2) is 4.39 Å². The molecule has 34 heavy (non-hydrogen) atoms. The molecule has 1 fully saturated rings. The van der Waals surface area contributed by atoms with Gasteiger partial charge >= 0.3 is 0 Å². The van der Waals surface area contributed by atoms with E-state index in [0.29, 0.717) is 13.2 Å². The first kappa shape index (κ1) is 24.2.